The molecule has 10 heteroatoms. The molecule has 0 unspecified atom stereocenters. The summed E-state index contributed by atoms with van der Waals surface area (Å²) in [5.41, 5.74) is 11.9. The van der Waals surface area contributed by atoms with Gasteiger partial charge in [0.1, 0.15) is 18.4 Å². The lowest BCUT2D eigenvalue weighted by molar-refractivity contribution is -0.137. The van der Waals surface area contributed by atoms with Crippen molar-refractivity contribution in [3.63, 3.8) is 0 Å². The van der Waals surface area contributed by atoms with Crippen molar-refractivity contribution in [3.8, 4) is 34.1 Å². The highest BCUT2D eigenvalue weighted by molar-refractivity contribution is 5.98. The van der Waals surface area contributed by atoms with E-state index in [9.17, 15) is 19.5 Å². The predicted molar refractivity (Wildman–Crippen MR) is 178 cm³/mol. The average molecular weight is 641 g/mol. The Hall–Kier alpha value is -5.51. The third-order valence-electron chi connectivity index (χ3n) is 7.68. The Kier molecular flexibility index (Phi) is 11.5. The molecule has 3 N–H and O–H groups in total. The second kappa shape index (κ2) is 15.7. The van der Waals surface area contributed by atoms with Gasteiger partial charge in [0.05, 0.1) is 21.3 Å². The molecule has 0 fully saturated rings. The van der Waals surface area contributed by atoms with Crippen molar-refractivity contribution < 1.29 is 38.4 Å². The fourth-order valence-electron chi connectivity index (χ4n) is 5.49. The number of aryl methyl sites for hydroxylation is 2. The van der Waals surface area contributed by atoms with Gasteiger partial charge in [0.15, 0.2) is 11.5 Å². The van der Waals surface area contributed by atoms with Crippen LogP contribution in [0, 0.1) is 13.8 Å². The number of benzene rings is 4. The summed E-state index contributed by atoms with van der Waals surface area (Å²) in [4.78, 5) is 39.2. The summed E-state index contributed by atoms with van der Waals surface area (Å²) in [7, 11) is 4.42. The highest BCUT2D eigenvalue weighted by Crippen LogP contribution is 2.39. The van der Waals surface area contributed by atoms with Gasteiger partial charge in [-0.1, -0.05) is 53.6 Å². The highest BCUT2D eigenvalue weighted by atomic mass is 16.5. The van der Waals surface area contributed by atoms with E-state index in [2.05, 4.69) is 32.0 Å². The number of carboxylic acid groups (broad SMARTS) is 1. The third kappa shape index (κ3) is 8.82. The van der Waals surface area contributed by atoms with Crippen LogP contribution in [0.15, 0.2) is 78.9 Å². The van der Waals surface area contributed by atoms with Crippen LogP contribution >= 0.6 is 0 Å². The molecule has 4 aromatic rings. The van der Waals surface area contributed by atoms with Gasteiger partial charge in [-0.3, -0.25) is 14.4 Å². The standard InChI is InChI=1S/C37H40N2O8/c1-23-16-24(2)18-26(17-23)22-47-30-12-10-28(11-13-30)27-6-8-29(9-7-27)37(43)39(31(36(38)42)14-15-34(40)41)21-25-19-32(44-3)35(46-5)33(20-25)45-4/h6-13,16-20,31H,14-15,21-22H2,1-5H3,(H2,38,42)(H,40,41)/t31-/m0/s1. The molecular weight excluding hydrogens is 600 g/mol. The molecule has 0 heterocycles. The topological polar surface area (TPSA) is 138 Å². The number of primary amides is 1. The average Bonchev–Trinajstić information content (AvgIpc) is 3.05. The fraction of sp³-hybridized carbons (Fsp3) is 0.270. The Morgan fingerprint density at radius 3 is 1.81 bits per heavy atom. The minimum Gasteiger partial charge on any atom is -0.493 e. The van der Waals surface area contributed by atoms with E-state index in [1.54, 1.807) is 24.3 Å². The number of methoxy groups -OCH3 is 3. The maximum Gasteiger partial charge on any atom is 0.303 e. The minimum absolute atomic E-state index is 0.0753. The van der Waals surface area contributed by atoms with Gasteiger partial charge in [-0.15, -0.1) is 0 Å². The van der Waals surface area contributed by atoms with Crippen molar-refractivity contribution in [2.45, 2.75) is 45.9 Å². The molecule has 2 amide bonds. The van der Waals surface area contributed by atoms with Crippen molar-refractivity contribution in [1.29, 1.82) is 0 Å². The van der Waals surface area contributed by atoms with Crippen LogP contribution in [0.2, 0.25) is 0 Å². The summed E-state index contributed by atoms with van der Waals surface area (Å²) in [5.74, 6) is -0.588. The molecule has 0 bridgehead atoms. The number of nitrogens with zero attached hydrogens (tertiary/aromatic N) is 1. The van der Waals surface area contributed by atoms with E-state index in [1.165, 1.54) is 37.4 Å². The zero-order chi connectivity index (χ0) is 34.1. The number of amides is 2. The first kappa shape index (κ1) is 34.4. The molecule has 0 aliphatic rings. The molecule has 0 radical (unpaired) electrons. The van der Waals surface area contributed by atoms with Gasteiger partial charge >= 0.3 is 5.97 Å². The molecule has 0 spiro atoms. The summed E-state index contributed by atoms with van der Waals surface area (Å²) in [6.07, 6.45) is -0.507. The Labute approximate surface area is 274 Å². The molecule has 0 aromatic heterocycles. The summed E-state index contributed by atoms with van der Waals surface area (Å²) in [6.45, 7) is 4.51. The molecule has 0 saturated heterocycles. The second-order valence-corrected chi connectivity index (χ2v) is 11.2. The van der Waals surface area contributed by atoms with E-state index >= 15 is 0 Å². The summed E-state index contributed by atoms with van der Waals surface area (Å²) < 4.78 is 22.3. The van der Waals surface area contributed by atoms with Crippen molar-refractivity contribution in [2.24, 2.45) is 5.73 Å². The smallest absolute Gasteiger partial charge is 0.303 e. The maximum absolute atomic E-state index is 14.0. The molecule has 1 atom stereocenters. The first-order chi connectivity index (χ1) is 22.5. The van der Waals surface area contributed by atoms with Gasteiger partial charge in [-0.25, -0.2) is 0 Å². The SMILES string of the molecule is COc1cc(CN(C(=O)c2ccc(-c3ccc(OCc4cc(C)cc(C)c4)cc3)cc2)[C@@H](CCC(=O)O)C(N)=O)cc(OC)c1OC. The largest absolute Gasteiger partial charge is 0.493 e. The molecule has 0 aliphatic heterocycles. The van der Waals surface area contributed by atoms with Crippen molar-refractivity contribution in [3.05, 3.63) is 107 Å². The number of carbonyl (C=O) groups is 3. The lowest BCUT2D eigenvalue weighted by Gasteiger charge is -2.30. The number of carboxylic acids is 1. The Morgan fingerprint density at radius 1 is 0.766 bits per heavy atom. The van der Waals surface area contributed by atoms with Crippen LogP contribution in [-0.4, -0.2) is 55.2 Å². The number of aliphatic carboxylic acids is 1. The first-order valence-electron chi connectivity index (χ1n) is 15.0. The van der Waals surface area contributed by atoms with Crippen molar-refractivity contribution >= 4 is 17.8 Å². The summed E-state index contributed by atoms with van der Waals surface area (Å²) in [6, 6.07) is 23.1. The number of nitrogens with two attached hydrogens (primary N) is 1. The Morgan fingerprint density at radius 2 is 1.32 bits per heavy atom. The van der Waals surface area contributed by atoms with E-state index in [0.29, 0.717) is 35.0 Å². The summed E-state index contributed by atoms with van der Waals surface area (Å²) in [5, 5.41) is 9.31. The lowest BCUT2D eigenvalue weighted by atomic mass is 10.0. The number of hydrogen-bond donors (Lipinski definition) is 2. The molecule has 10 nitrogen and oxygen atoms in total. The van der Waals surface area contributed by atoms with Crippen LogP contribution in [-0.2, 0) is 22.7 Å². The zero-order valence-electron chi connectivity index (χ0n) is 27.2. The summed E-state index contributed by atoms with van der Waals surface area (Å²) >= 11 is 0. The minimum atomic E-state index is -1.19. The second-order valence-electron chi connectivity index (χ2n) is 11.2. The van der Waals surface area contributed by atoms with E-state index in [0.717, 1.165) is 22.4 Å². The van der Waals surface area contributed by atoms with E-state index in [-0.39, 0.29) is 19.4 Å². The van der Waals surface area contributed by atoms with E-state index in [4.69, 9.17) is 24.7 Å². The van der Waals surface area contributed by atoms with Crippen LogP contribution in [0.5, 0.6) is 23.0 Å². The molecule has 4 aromatic carbocycles. The molecule has 0 saturated carbocycles. The monoisotopic (exact) mass is 640 g/mol. The van der Waals surface area contributed by atoms with Crippen LogP contribution < -0.4 is 24.7 Å². The van der Waals surface area contributed by atoms with E-state index < -0.39 is 23.8 Å². The quantitative estimate of drug-likeness (QED) is 0.163. The Bertz CT molecular complexity index is 1670. The lowest BCUT2D eigenvalue weighted by Crippen LogP contribution is -2.47. The molecule has 47 heavy (non-hydrogen) atoms. The fourth-order valence-corrected chi connectivity index (χ4v) is 5.49. The van der Waals surface area contributed by atoms with Crippen LogP contribution in [0.25, 0.3) is 11.1 Å². The predicted octanol–water partition coefficient (Wildman–Crippen LogP) is 5.94. The third-order valence-corrected chi connectivity index (χ3v) is 7.68. The van der Waals surface area contributed by atoms with Crippen LogP contribution in [0.4, 0.5) is 0 Å². The van der Waals surface area contributed by atoms with Gasteiger partial charge < -0.3 is 34.7 Å². The molecule has 4 rings (SSSR count). The van der Waals surface area contributed by atoms with Gasteiger partial charge in [0, 0.05) is 18.5 Å². The van der Waals surface area contributed by atoms with Gasteiger partial charge in [0.25, 0.3) is 5.91 Å². The van der Waals surface area contributed by atoms with Gasteiger partial charge in [-0.05, 0) is 78.9 Å². The molecular formula is C37H40N2O8. The van der Waals surface area contributed by atoms with Gasteiger partial charge in [-0.2, -0.15) is 0 Å². The first-order valence-corrected chi connectivity index (χ1v) is 15.0. The zero-order valence-corrected chi connectivity index (χ0v) is 27.2. The highest BCUT2D eigenvalue weighted by Gasteiger charge is 2.30. The van der Waals surface area contributed by atoms with Crippen molar-refractivity contribution in [1.82, 2.24) is 4.90 Å². The Balaban J connectivity index is 1.57. The van der Waals surface area contributed by atoms with Crippen LogP contribution in [0.3, 0.4) is 0 Å². The number of rotatable bonds is 15. The number of carbonyl (C=O) groups excluding carboxylic acids is 2. The maximum atomic E-state index is 14.0. The van der Waals surface area contributed by atoms with Crippen LogP contribution in [0.1, 0.15) is 45.5 Å². The number of hydrogen-bond acceptors (Lipinski definition) is 7. The number of ether oxygens (including phenoxy) is 4. The molecule has 246 valence electrons. The van der Waals surface area contributed by atoms with Crippen molar-refractivity contribution in [2.75, 3.05) is 21.3 Å². The normalized spacial score (nSPS) is 11.3. The molecule has 0 aliphatic carbocycles. The van der Waals surface area contributed by atoms with Gasteiger partial charge in [0.2, 0.25) is 11.7 Å². The van der Waals surface area contributed by atoms with E-state index in [1.807, 2.05) is 36.4 Å².